The molecule has 13 nitrogen and oxygen atoms in total. The molecule has 0 aliphatic carbocycles. The first-order valence-electron chi connectivity index (χ1n) is 13.8. The van der Waals surface area contributed by atoms with Crippen LogP contribution in [0.1, 0.15) is 49.3 Å². The lowest BCUT2D eigenvalue weighted by Gasteiger charge is -2.15. The standard InChI is InChI=1S/C29H34N10O3S/c1-6-24(40)42-14-8-12-31-26-21(16-30)19(4)25(27(35-26)32-11-7-13-41-5)36-37-28-33-17-39(38-28)29-34-22-10-9-20(18(2)3)15-23(22)43-29/h6,9-10,15,17-18H,1,7-8,11-14H2,2-5H3,(H2,31,32,35). The van der Waals surface area contributed by atoms with Gasteiger partial charge in [0.2, 0.25) is 5.13 Å². The summed E-state index contributed by atoms with van der Waals surface area (Å²) in [6.45, 7) is 11.3. The number of hydrogen-bond donors (Lipinski definition) is 2. The molecule has 0 fully saturated rings. The van der Waals surface area contributed by atoms with E-state index in [1.54, 1.807) is 25.0 Å². The number of nitriles is 1. The van der Waals surface area contributed by atoms with Gasteiger partial charge in [0.1, 0.15) is 23.9 Å². The van der Waals surface area contributed by atoms with Gasteiger partial charge in [0.25, 0.3) is 5.95 Å². The molecule has 0 bridgehead atoms. The smallest absolute Gasteiger partial charge is 0.330 e. The first kappa shape index (κ1) is 31.2. The molecule has 3 aromatic heterocycles. The number of esters is 1. The third-order valence-corrected chi connectivity index (χ3v) is 7.36. The molecule has 14 heteroatoms. The average Bonchev–Trinajstić information content (AvgIpc) is 3.65. The van der Waals surface area contributed by atoms with Crippen molar-refractivity contribution in [3.05, 3.63) is 53.9 Å². The van der Waals surface area contributed by atoms with E-state index < -0.39 is 5.97 Å². The number of methoxy groups -OCH3 is 1. The summed E-state index contributed by atoms with van der Waals surface area (Å²) in [5.41, 5.74) is 3.45. The molecule has 0 radical (unpaired) electrons. The van der Waals surface area contributed by atoms with Crippen molar-refractivity contribution in [2.75, 3.05) is 44.0 Å². The number of nitrogens with one attached hydrogen (secondary N) is 2. The predicted molar refractivity (Wildman–Crippen MR) is 166 cm³/mol. The van der Waals surface area contributed by atoms with Gasteiger partial charge in [-0.1, -0.05) is 37.8 Å². The molecule has 0 saturated heterocycles. The summed E-state index contributed by atoms with van der Waals surface area (Å²) in [5.74, 6) is 0.918. The molecule has 4 aromatic rings. The van der Waals surface area contributed by atoms with E-state index in [1.165, 1.54) is 16.9 Å². The largest absolute Gasteiger partial charge is 0.462 e. The number of benzene rings is 1. The van der Waals surface area contributed by atoms with Crippen molar-refractivity contribution < 1.29 is 14.3 Å². The molecular formula is C29H34N10O3S. The minimum absolute atomic E-state index is 0.140. The number of ether oxygens (including phenoxy) is 2. The molecule has 43 heavy (non-hydrogen) atoms. The van der Waals surface area contributed by atoms with E-state index in [2.05, 4.69) is 79.5 Å². The van der Waals surface area contributed by atoms with Gasteiger partial charge < -0.3 is 20.1 Å². The minimum atomic E-state index is -0.483. The third-order valence-electron chi connectivity index (χ3n) is 6.35. The Morgan fingerprint density at radius 2 is 1.95 bits per heavy atom. The maximum atomic E-state index is 11.3. The Kier molecular flexibility index (Phi) is 10.8. The molecule has 0 unspecified atom stereocenters. The average molecular weight is 603 g/mol. The van der Waals surface area contributed by atoms with Crippen LogP contribution in [0.2, 0.25) is 0 Å². The first-order valence-corrected chi connectivity index (χ1v) is 14.6. The second kappa shape index (κ2) is 14.9. The predicted octanol–water partition coefficient (Wildman–Crippen LogP) is 5.97. The highest BCUT2D eigenvalue weighted by atomic mass is 32.1. The van der Waals surface area contributed by atoms with Gasteiger partial charge in [-0.2, -0.15) is 14.9 Å². The van der Waals surface area contributed by atoms with E-state index in [4.69, 9.17) is 9.47 Å². The van der Waals surface area contributed by atoms with Crippen LogP contribution in [0, 0.1) is 18.3 Å². The number of thiazole rings is 1. The van der Waals surface area contributed by atoms with E-state index >= 15 is 0 Å². The molecule has 0 amide bonds. The normalized spacial score (nSPS) is 11.3. The summed E-state index contributed by atoms with van der Waals surface area (Å²) >= 11 is 1.52. The molecule has 0 aliphatic rings. The zero-order chi connectivity index (χ0) is 30.8. The lowest BCUT2D eigenvalue weighted by molar-refractivity contribution is -0.137. The van der Waals surface area contributed by atoms with E-state index in [-0.39, 0.29) is 12.6 Å². The number of rotatable bonds is 15. The third kappa shape index (κ3) is 7.97. The van der Waals surface area contributed by atoms with Gasteiger partial charge in [0.15, 0.2) is 5.82 Å². The zero-order valence-electron chi connectivity index (χ0n) is 24.6. The van der Waals surface area contributed by atoms with Gasteiger partial charge in [0, 0.05) is 38.4 Å². The Balaban J connectivity index is 1.56. The second-order valence-electron chi connectivity index (χ2n) is 9.76. The lowest BCUT2D eigenvalue weighted by Crippen LogP contribution is -2.13. The molecule has 0 spiro atoms. The number of carbonyl (C=O) groups is 1. The Labute approximate surface area is 253 Å². The van der Waals surface area contributed by atoms with E-state index in [0.29, 0.717) is 65.6 Å². The van der Waals surface area contributed by atoms with Crippen molar-refractivity contribution in [3.63, 3.8) is 0 Å². The molecule has 0 saturated carbocycles. The molecule has 0 aliphatic heterocycles. The Morgan fingerprint density at radius 3 is 2.67 bits per heavy atom. The van der Waals surface area contributed by atoms with Crippen LogP contribution < -0.4 is 10.6 Å². The van der Waals surface area contributed by atoms with Gasteiger partial charge in [-0.25, -0.2) is 14.8 Å². The van der Waals surface area contributed by atoms with Crippen LogP contribution >= 0.6 is 11.3 Å². The lowest BCUT2D eigenvalue weighted by atomic mass is 10.0. The van der Waals surface area contributed by atoms with Crippen molar-refractivity contribution in [1.29, 1.82) is 5.26 Å². The van der Waals surface area contributed by atoms with Gasteiger partial charge in [-0.3, -0.25) is 0 Å². The van der Waals surface area contributed by atoms with Crippen LogP contribution in [-0.2, 0) is 14.3 Å². The van der Waals surface area contributed by atoms with Gasteiger partial charge in [0.05, 0.1) is 22.4 Å². The summed E-state index contributed by atoms with van der Waals surface area (Å²) in [5, 5.41) is 30.2. The maximum absolute atomic E-state index is 11.3. The number of nitrogens with zero attached hydrogens (tertiary/aromatic N) is 8. The SMILES string of the molecule is C=CC(=O)OCCCNc1nc(NCCCOC)c(N=Nc2ncn(-c3nc4ccc(C(C)C)cc4s3)n2)c(C)c1C#N. The monoisotopic (exact) mass is 602 g/mol. The van der Waals surface area contributed by atoms with Crippen molar-refractivity contribution in [2.24, 2.45) is 10.2 Å². The van der Waals surface area contributed by atoms with Crippen molar-refractivity contribution in [2.45, 2.75) is 39.5 Å². The first-order chi connectivity index (χ1) is 20.8. The number of fused-ring (bicyclic) bond motifs is 1. The Bertz CT molecular complexity index is 1650. The Morgan fingerprint density at radius 1 is 1.19 bits per heavy atom. The molecule has 4 rings (SSSR count). The van der Waals surface area contributed by atoms with Crippen LogP contribution in [0.4, 0.5) is 23.3 Å². The van der Waals surface area contributed by atoms with Crippen molar-refractivity contribution in [3.8, 4) is 11.2 Å². The molecule has 0 atom stereocenters. The topological polar surface area (TPSA) is 165 Å². The van der Waals surface area contributed by atoms with Gasteiger partial charge in [-0.15, -0.1) is 15.3 Å². The summed E-state index contributed by atoms with van der Waals surface area (Å²) in [6, 6.07) is 8.46. The van der Waals surface area contributed by atoms with Crippen molar-refractivity contribution >= 4 is 50.8 Å². The minimum Gasteiger partial charge on any atom is -0.462 e. The molecule has 3 heterocycles. The van der Waals surface area contributed by atoms with Gasteiger partial charge in [-0.05, 0) is 43.4 Å². The van der Waals surface area contributed by atoms with Crippen LogP contribution in [-0.4, -0.2) is 64.1 Å². The number of aromatic nitrogens is 5. The summed E-state index contributed by atoms with van der Waals surface area (Å²) in [4.78, 5) is 24.9. The van der Waals surface area contributed by atoms with E-state index in [9.17, 15) is 10.1 Å². The highest BCUT2D eigenvalue weighted by Gasteiger charge is 2.18. The fraction of sp³-hybridized carbons (Fsp3) is 0.379. The number of carbonyl (C=O) groups excluding carboxylic acids is 1. The molecule has 2 N–H and O–H groups in total. The number of pyridine rings is 1. The highest BCUT2D eigenvalue weighted by Crippen LogP contribution is 2.35. The summed E-state index contributed by atoms with van der Waals surface area (Å²) in [7, 11) is 1.64. The quantitative estimate of drug-likeness (QED) is 0.0716. The zero-order valence-corrected chi connectivity index (χ0v) is 25.4. The van der Waals surface area contributed by atoms with E-state index in [1.807, 2.05) is 6.07 Å². The van der Waals surface area contributed by atoms with E-state index in [0.717, 1.165) is 22.7 Å². The second-order valence-corrected chi connectivity index (χ2v) is 10.8. The van der Waals surface area contributed by atoms with Crippen LogP contribution in [0.15, 0.2) is 47.4 Å². The maximum Gasteiger partial charge on any atom is 0.330 e. The number of azo groups is 1. The molecule has 224 valence electrons. The fourth-order valence-electron chi connectivity index (χ4n) is 4.01. The van der Waals surface area contributed by atoms with Crippen LogP contribution in [0.5, 0.6) is 0 Å². The highest BCUT2D eigenvalue weighted by molar-refractivity contribution is 7.20. The number of anilines is 2. The Hall–Kier alpha value is -4.74. The van der Waals surface area contributed by atoms with Gasteiger partial charge >= 0.3 is 5.97 Å². The van der Waals surface area contributed by atoms with Crippen LogP contribution in [0.25, 0.3) is 15.3 Å². The van der Waals surface area contributed by atoms with Crippen molar-refractivity contribution in [1.82, 2.24) is 24.7 Å². The summed E-state index contributed by atoms with van der Waals surface area (Å²) in [6.07, 6.45) is 3.91. The summed E-state index contributed by atoms with van der Waals surface area (Å²) < 4.78 is 12.8. The number of hydrogen-bond acceptors (Lipinski definition) is 13. The molecule has 1 aromatic carbocycles. The fourth-order valence-corrected chi connectivity index (χ4v) is 4.95. The molecular weight excluding hydrogens is 568 g/mol. The van der Waals surface area contributed by atoms with Crippen LogP contribution in [0.3, 0.4) is 0 Å².